The van der Waals surface area contributed by atoms with Crippen LogP contribution in [0.5, 0.6) is 0 Å². The van der Waals surface area contributed by atoms with E-state index >= 15 is 0 Å². The van der Waals surface area contributed by atoms with Crippen LogP contribution in [0.15, 0.2) is 36.7 Å². The van der Waals surface area contributed by atoms with E-state index < -0.39 is 6.10 Å². The standard InChI is InChI=1S/C17H21NO2/c1-2-20-14-8-12(9-14)10-17(19)15-5-3-4-13-6-7-18-11-16(13)15/h3-7,11-12,14,17,19H,2,8-10H2,1H3. The lowest BCUT2D eigenvalue weighted by Gasteiger charge is -2.36. The maximum absolute atomic E-state index is 10.5. The van der Waals surface area contributed by atoms with E-state index in [2.05, 4.69) is 11.1 Å². The summed E-state index contributed by atoms with van der Waals surface area (Å²) in [6.45, 7) is 2.82. The molecule has 0 bridgehead atoms. The predicted molar refractivity (Wildman–Crippen MR) is 79.5 cm³/mol. The van der Waals surface area contributed by atoms with Crippen molar-refractivity contribution in [2.45, 2.75) is 38.4 Å². The number of nitrogens with zero attached hydrogens (tertiary/aromatic N) is 1. The van der Waals surface area contributed by atoms with Gasteiger partial charge in [0.15, 0.2) is 0 Å². The minimum absolute atomic E-state index is 0.407. The van der Waals surface area contributed by atoms with Gasteiger partial charge in [0, 0.05) is 24.4 Å². The van der Waals surface area contributed by atoms with Crippen molar-refractivity contribution in [1.29, 1.82) is 0 Å². The van der Waals surface area contributed by atoms with Crippen molar-refractivity contribution in [3.05, 3.63) is 42.2 Å². The quantitative estimate of drug-likeness (QED) is 0.905. The molecule has 1 aliphatic rings. The minimum atomic E-state index is -0.407. The van der Waals surface area contributed by atoms with Crippen molar-refractivity contribution < 1.29 is 9.84 Å². The van der Waals surface area contributed by atoms with Crippen LogP contribution in [-0.4, -0.2) is 22.8 Å². The zero-order valence-corrected chi connectivity index (χ0v) is 11.8. The van der Waals surface area contributed by atoms with Gasteiger partial charge >= 0.3 is 0 Å². The predicted octanol–water partition coefficient (Wildman–Crippen LogP) is 3.47. The first-order chi connectivity index (χ1) is 9.78. The molecule has 1 saturated carbocycles. The van der Waals surface area contributed by atoms with Crippen LogP contribution in [0.25, 0.3) is 10.8 Å². The molecule has 0 amide bonds. The first-order valence-corrected chi connectivity index (χ1v) is 7.40. The zero-order chi connectivity index (χ0) is 13.9. The highest BCUT2D eigenvalue weighted by molar-refractivity contribution is 5.85. The van der Waals surface area contributed by atoms with Crippen LogP contribution in [0, 0.1) is 5.92 Å². The smallest absolute Gasteiger partial charge is 0.0799 e. The van der Waals surface area contributed by atoms with E-state index in [1.807, 2.05) is 31.3 Å². The molecule has 2 aromatic rings. The summed E-state index contributed by atoms with van der Waals surface area (Å²) in [5.74, 6) is 0.577. The van der Waals surface area contributed by atoms with Crippen LogP contribution >= 0.6 is 0 Å². The van der Waals surface area contributed by atoms with E-state index in [0.717, 1.165) is 42.2 Å². The monoisotopic (exact) mass is 271 g/mol. The lowest BCUT2D eigenvalue weighted by Crippen LogP contribution is -2.32. The molecule has 1 fully saturated rings. The van der Waals surface area contributed by atoms with Crippen LogP contribution in [0.1, 0.15) is 37.9 Å². The van der Waals surface area contributed by atoms with Crippen LogP contribution in [0.4, 0.5) is 0 Å². The Hall–Kier alpha value is -1.45. The summed E-state index contributed by atoms with van der Waals surface area (Å²) in [4.78, 5) is 4.17. The first kappa shape index (κ1) is 13.5. The fraction of sp³-hybridized carbons (Fsp3) is 0.471. The van der Waals surface area contributed by atoms with E-state index in [9.17, 15) is 5.11 Å². The Kier molecular flexibility index (Phi) is 3.99. The number of benzene rings is 1. The highest BCUT2D eigenvalue weighted by Crippen LogP contribution is 2.38. The molecule has 1 unspecified atom stereocenters. The molecule has 1 aliphatic carbocycles. The molecule has 20 heavy (non-hydrogen) atoms. The van der Waals surface area contributed by atoms with Crippen LogP contribution in [0.2, 0.25) is 0 Å². The fourth-order valence-corrected chi connectivity index (χ4v) is 3.11. The Morgan fingerprint density at radius 1 is 1.35 bits per heavy atom. The van der Waals surface area contributed by atoms with Crippen molar-refractivity contribution >= 4 is 10.8 Å². The van der Waals surface area contributed by atoms with Crippen molar-refractivity contribution in [3.63, 3.8) is 0 Å². The van der Waals surface area contributed by atoms with E-state index in [-0.39, 0.29) is 0 Å². The molecule has 0 radical (unpaired) electrons. The number of hydrogen-bond acceptors (Lipinski definition) is 3. The summed E-state index contributed by atoms with van der Waals surface area (Å²) < 4.78 is 5.57. The molecule has 1 atom stereocenters. The molecular formula is C17H21NO2. The SMILES string of the molecule is CCOC1CC(CC(O)c2cccc3ccncc23)C1. The van der Waals surface area contributed by atoms with Gasteiger partial charge in [0.05, 0.1) is 12.2 Å². The molecule has 1 heterocycles. The van der Waals surface area contributed by atoms with Gasteiger partial charge in [0.1, 0.15) is 0 Å². The Morgan fingerprint density at radius 2 is 2.20 bits per heavy atom. The third kappa shape index (κ3) is 2.69. The number of aromatic nitrogens is 1. The second kappa shape index (κ2) is 5.90. The molecule has 0 saturated heterocycles. The number of rotatable bonds is 5. The van der Waals surface area contributed by atoms with Crippen molar-refractivity contribution in [3.8, 4) is 0 Å². The second-order valence-electron chi connectivity index (χ2n) is 5.61. The third-order valence-corrected chi connectivity index (χ3v) is 4.23. The molecule has 0 aliphatic heterocycles. The maximum atomic E-state index is 10.5. The molecule has 1 N–H and O–H groups in total. The molecule has 106 valence electrons. The maximum Gasteiger partial charge on any atom is 0.0799 e. The average Bonchev–Trinajstić information content (AvgIpc) is 2.44. The summed E-state index contributed by atoms with van der Waals surface area (Å²) in [6, 6.07) is 8.06. The summed E-state index contributed by atoms with van der Waals surface area (Å²) >= 11 is 0. The number of aliphatic hydroxyl groups excluding tert-OH is 1. The molecule has 3 heteroatoms. The van der Waals surface area contributed by atoms with E-state index in [1.165, 1.54) is 0 Å². The van der Waals surface area contributed by atoms with Gasteiger partial charge in [0.2, 0.25) is 0 Å². The Morgan fingerprint density at radius 3 is 3.00 bits per heavy atom. The molecule has 3 nitrogen and oxygen atoms in total. The summed E-state index contributed by atoms with van der Waals surface area (Å²) in [6.07, 6.45) is 6.61. The van der Waals surface area contributed by atoms with Crippen molar-refractivity contribution in [2.75, 3.05) is 6.61 Å². The van der Waals surface area contributed by atoms with Crippen molar-refractivity contribution in [2.24, 2.45) is 5.92 Å². The topological polar surface area (TPSA) is 42.4 Å². The third-order valence-electron chi connectivity index (χ3n) is 4.23. The van der Waals surface area contributed by atoms with Gasteiger partial charge in [-0.15, -0.1) is 0 Å². The van der Waals surface area contributed by atoms with Gasteiger partial charge in [-0.2, -0.15) is 0 Å². The van der Waals surface area contributed by atoms with Crippen LogP contribution in [-0.2, 0) is 4.74 Å². The van der Waals surface area contributed by atoms with Gasteiger partial charge in [-0.1, -0.05) is 18.2 Å². The van der Waals surface area contributed by atoms with E-state index in [0.29, 0.717) is 12.0 Å². The van der Waals surface area contributed by atoms with Gasteiger partial charge in [-0.05, 0) is 49.1 Å². The van der Waals surface area contributed by atoms with E-state index in [1.54, 1.807) is 6.20 Å². The molecule has 1 aromatic carbocycles. The number of pyridine rings is 1. The van der Waals surface area contributed by atoms with Gasteiger partial charge in [0.25, 0.3) is 0 Å². The Balaban J connectivity index is 1.69. The Labute approximate surface area is 119 Å². The fourth-order valence-electron chi connectivity index (χ4n) is 3.11. The lowest BCUT2D eigenvalue weighted by atomic mass is 9.77. The minimum Gasteiger partial charge on any atom is -0.388 e. The van der Waals surface area contributed by atoms with Gasteiger partial charge < -0.3 is 9.84 Å². The van der Waals surface area contributed by atoms with Gasteiger partial charge in [-0.3, -0.25) is 4.98 Å². The lowest BCUT2D eigenvalue weighted by molar-refractivity contribution is -0.0379. The normalized spacial score (nSPS) is 23.5. The molecular weight excluding hydrogens is 250 g/mol. The zero-order valence-electron chi connectivity index (χ0n) is 11.8. The Bertz CT molecular complexity index is 573. The second-order valence-corrected chi connectivity index (χ2v) is 5.61. The first-order valence-electron chi connectivity index (χ1n) is 7.40. The number of fused-ring (bicyclic) bond motifs is 1. The molecule has 0 spiro atoms. The highest BCUT2D eigenvalue weighted by atomic mass is 16.5. The highest BCUT2D eigenvalue weighted by Gasteiger charge is 2.31. The van der Waals surface area contributed by atoms with Crippen LogP contribution in [0.3, 0.4) is 0 Å². The summed E-state index contributed by atoms with van der Waals surface area (Å²) in [5.41, 5.74) is 0.996. The number of ether oxygens (including phenoxy) is 1. The van der Waals surface area contributed by atoms with Gasteiger partial charge in [-0.25, -0.2) is 0 Å². The molecule has 3 rings (SSSR count). The van der Waals surface area contributed by atoms with Crippen LogP contribution < -0.4 is 0 Å². The summed E-state index contributed by atoms with van der Waals surface area (Å²) in [7, 11) is 0. The summed E-state index contributed by atoms with van der Waals surface area (Å²) in [5, 5.41) is 12.7. The van der Waals surface area contributed by atoms with E-state index in [4.69, 9.17) is 4.74 Å². The molecule has 1 aromatic heterocycles. The largest absolute Gasteiger partial charge is 0.388 e. The number of aliphatic hydroxyl groups is 1. The number of hydrogen-bond donors (Lipinski definition) is 1. The van der Waals surface area contributed by atoms with Crippen molar-refractivity contribution in [1.82, 2.24) is 4.98 Å². The average molecular weight is 271 g/mol.